The summed E-state index contributed by atoms with van der Waals surface area (Å²) in [6, 6.07) is 5.88. The number of rotatable bonds is 7. The number of nitrogens with one attached hydrogen (secondary N) is 3. The summed E-state index contributed by atoms with van der Waals surface area (Å²) >= 11 is 0. The van der Waals surface area contributed by atoms with Gasteiger partial charge >= 0.3 is 0 Å². The Hall–Kier alpha value is -2.94. The maximum absolute atomic E-state index is 13.2. The normalized spacial score (nSPS) is 23.7. The largest absolute Gasteiger partial charge is 0.329 e. The van der Waals surface area contributed by atoms with Crippen molar-refractivity contribution in [2.24, 2.45) is 5.92 Å². The van der Waals surface area contributed by atoms with Gasteiger partial charge < -0.3 is 15.5 Å². The molecule has 3 aliphatic rings. The van der Waals surface area contributed by atoms with Gasteiger partial charge in [0.1, 0.15) is 5.52 Å². The van der Waals surface area contributed by atoms with Crippen LogP contribution in [0.15, 0.2) is 24.4 Å². The molecule has 0 radical (unpaired) electrons. The Bertz CT molecular complexity index is 1110. The van der Waals surface area contributed by atoms with Gasteiger partial charge in [0.05, 0.1) is 6.04 Å². The molecule has 2 saturated heterocycles. The van der Waals surface area contributed by atoms with Gasteiger partial charge in [0, 0.05) is 36.8 Å². The molecule has 6 rings (SSSR count). The van der Waals surface area contributed by atoms with Crippen LogP contribution in [-0.4, -0.2) is 56.3 Å². The number of carbonyl (C=O) groups is 1. The third-order valence-electron chi connectivity index (χ3n) is 7.01. The lowest BCUT2D eigenvalue weighted by Gasteiger charge is -2.27. The summed E-state index contributed by atoms with van der Waals surface area (Å²) in [5.74, 6) is 3.46. The van der Waals surface area contributed by atoms with E-state index in [1.165, 1.54) is 18.5 Å². The van der Waals surface area contributed by atoms with Crippen molar-refractivity contribution in [2.45, 2.75) is 56.9 Å². The molecule has 0 aromatic carbocycles. The van der Waals surface area contributed by atoms with Crippen LogP contribution >= 0.6 is 0 Å². The first kappa shape index (κ1) is 19.7. The highest BCUT2D eigenvalue weighted by molar-refractivity contribution is 5.87. The number of aromatic nitrogens is 5. The molecule has 5 heterocycles. The Kier molecular flexibility index (Phi) is 5.05. The molecule has 3 aromatic heterocycles. The first-order valence-electron chi connectivity index (χ1n) is 11.9. The third-order valence-corrected chi connectivity index (χ3v) is 7.01. The minimum atomic E-state index is -0.135. The van der Waals surface area contributed by atoms with E-state index in [1.54, 1.807) is 0 Å². The molecule has 0 amide bonds. The van der Waals surface area contributed by atoms with Crippen molar-refractivity contribution in [2.75, 3.05) is 29.9 Å². The average Bonchev–Trinajstić information content (AvgIpc) is 3.20. The first-order chi connectivity index (χ1) is 15.7. The highest BCUT2D eigenvalue weighted by Crippen LogP contribution is 2.39. The summed E-state index contributed by atoms with van der Waals surface area (Å²) in [4.78, 5) is 20.2. The summed E-state index contributed by atoms with van der Waals surface area (Å²) < 4.78 is 1.84. The zero-order chi connectivity index (χ0) is 21.5. The van der Waals surface area contributed by atoms with Gasteiger partial charge in [-0.1, -0.05) is 0 Å². The molecule has 2 atom stereocenters. The van der Waals surface area contributed by atoms with Crippen LogP contribution in [0, 0.1) is 5.92 Å². The lowest BCUT2D eigenvalue weighted by molar-refractivity contribution is -0.121. The number of nitrogens with zero attached hydrogens (tertiary/aromatic N) is 5. The van der Waals surface area contributed by atoms with Gasteiger partial charge in [-0.15, -0.1) is 5.10 Å². The van der Waals surface area contributed by atoms with Crippen LogP contribution in [0.2, 0.25) is 0 Å². The summed E-state index contributed by atoms with van der Waals surface area (Å²) in [7, 11) is 0. The van der Waals surface area contributed by atoms with Gasteiger partial charge in [-0.25, -0.2) is 4.52 Å². The molecule has 1 saturated carbocycles. The zero-order valence-corrected chi connectivity index (χ0v) is 18.3. The highest BCUT2D eigenvalue weighted by Gasteiger charge is 2.34. The van der Waals surface area contributed by atoms with Gasteiger partial charge in [-0.05, 0) is 69.7 Å². The van der Waals surface area contributed by atoms with Gasteiger partial charge in [-0.2, -0.15) is 10.1 Å². The predicted octanol–water partition coefficient (Wildman–Crippen LogP) is 3.00. The maximum Gasteiger partial charge on any atom is 0.246 e. The van der Waals surface area contributed by atoms with Crippen molar-refractivity contribution in [3.63, 3.8) is 0 Å². The van der Waals surface area contributed by atoms with Gasteiger partial charge in [0.15, 0.2) is 17.4 Å². The Morgan fingerprint density at radius 2 is 2.16 bits per heavy atom. The predicted molar refractivity (Wildman–Crippen MR) is 122 cm³/mol. The van der Waals surface area contributed by atoms with Crippen LogP contribution < -0.4 is 15.5 Å². The Morgan fingerprint density at radius 1 is 1.22 bits per heavy atom. The van der Waals surface area contributed by atoms with Crippen molar-refractivity contribution in [3.05, 3.63) is 30.1 Å². The van der Waals surface area contributed by atoms with Crippen molar-refractivity contribution in [1.29, 1.82) is 0 Å². The van der Waals surface area contributed by atoms with Crippen LogP contribution in [0.4, 0.5) is 17.6 Å². The standard InChI is InChI=1S/C23H30N8O/c32-20(12-15-4-1-9-24-14-15)18-5-2-10-30(18)23-26-22(19-6-3-11-31(19)29-23)25-21-13-17(27-28-21)16-7-8-16/h3,6,11,13,15-16,18,24H,1-2,4-5,7-10,12,14H2,(H2,25,26,27,28,29)/t15?,18-/m1/s1. The first-order valence-corrected chi connectivity index (χ1v) is 11.9. The number of carbonyl (C=O) groups excluding carboxylic acids is 1. The van der Waals surface area contributed by atoms with E-state index in [0.29, 0.717) is 35.8 Å². The maximum atomic E-state index is 13.2. The molecule has 3 fully saturated rings. The van der Waals surface area contributed by atoms with Crippen molar-refractivity contribution >= 4 is 28.9 Å². The number of anilines is 3. The van der Waals surface area contributed by atoms with E-state index in [1.807, 2.05) is 22.8 Å². The Labute approximate surface area is 187 Å². The number of Topliss-reactive ketones (excluding diaryl/α,β-unsaturated/α-hetero) is 1. The summed E-state index contributed by atoms with van der Waals surface area (Å²) in [6.07, 6.45) is 9.17. The fourth-order valence-corrected chi connectivity index (χ4v) is 5.12. The number of ketones is 1. The SMILES string of the molecule is O=C(CC1CCCNC1)[C@H]1CCCN1c1nc(Nc2cc(C3CC3)[nH]n2)c2cccn2n1. The number of fused-ring (bicyclic) bond motifs is 1. The molecular weight excluding hydrogens is 404 g/mol. The number of hydrogen-bond donors (Lipinski definition) is 3. The van der Waals surface area contributed by atoms with Crippen LogP contribution in [0.1, 0.15) is 56.6 Å². The van der Waals surface area contributed by atoms with Gasteiger partial charge in [-0.3, -0.25) is 9.89 Å². The van der Waals surface area contributed by atoms with Crippen LogP contribution in [0.25, 0.3) is 5.52 Å². The topological polar surface area (TPSA) is 103 Å². The van der Waals surface area contributed by atoms with Crippen LogP contribution in [0.5, 0.6) is 0 Å². The minimum absolute atomic E-state index is 0.135. The third kappa shape index (κ3) is 3.85. The van der Waals surface area contributed by atoms with E-state index >= 15 is 0 Å². The number of aromatic amines is 1. The van der Waals surface area contributed by atoms with E-state index in [0.717, 1.165) is 56.7 Å². The average molecular weight is 435 g/mol. The molecular formula is C23H30N8O. The van der Waals surface area contributed by atoms with E-state index in [9.17, 15) is 4.79 Å². The number of hydrogen-bond acceptors (Lipinski definition) is 7. The van der Waals surface area contributed by atoms with E-state index in [2.05, 4.69) is 31.8 Å². The number of H-pyrrole nitrogens is 1. The van der Waals surface area contributed by atoms with E-state index < -0.39 is 0 Å². The molecule has 9 nitrogen and oxygen atoms in total. The second-order valence-corrected chi connectivity index (χ2v) is 9.44. The molecule has 1 aliphatic carbocycles. The lowest BCUT2D eigenvalue weighted by atomic mass is 9.91. The Morgan fingerprint density at radius 3 is 3.00 bits per heavy atom. The fraction of sp³-hybridized carbons (Fsp3) is 0.565. The van der Waals surface area contributed by atoms with Gasteiger partial charge in [0.2, 0.25) is 5.95 Å². The molecule has 9 heteroatoms. The summed E-state index contributed by atoms with van der Waals surface area (Å²) in [5.41, 5.74) is 2.07. The van der Waals surface area contributed by atoms with E-state index in [4.69, 9.17) is 10.1 Å². The van der Waals surface area contributed by atoms with E-state index in [-0.39, 0.29) is 6.04 Å². The molecule has 2 aliphatic heterocycles. The summed E-state index contributed by atoms with van der Waals surface area (Å²) in [5, 5.41) is 19.1. The fourth-order valence-electron chi connectivity index (χ4n) is 5.12. The highest BCUT2D eigenvalue weighted by atomic mass is 16.1. The lowest BCUT2D eigenvalue weighted by Crippen LogP contribution is -2.40. The molecule has 3 N–H and O–H groups in total. The quantitative estimate of drug-likeness (QED) is 0.525. The Balaban J connectivity index is 1.25. The van der Waals surface area contributed by atoms with Gasteiger partial charge in [0.25, 0.3) is 0 Å². The second kappa shape index (κ2) is 8.20. The zero-order valence-electron chi connectivity index (χ0n) is 18.3. The molecule has 168 valence electrons. The summed E-state index contributed by atoms with van der Waals surface area (Å²) in [6.45, 7) is 2.82. The molecule has 3 aromatic rings. The van der Waals surface area contributed by atoms with Crippen molar-refractivity contribution in [1.82, 2.24) is 30.1 Å². The van der Waals surface area contributed by atoms with Crippen LogP contribution in [0.3, 0.4) is 0 Å². The van der Waals surface area contributed by atoms with Crippen molar-refractivity contribution < 1.29 is 4.79 Å². The molecule has 1 unspecified atom stereocenters. The smallest absolute Gasteiger partial charge is 0.246 e. The van der Waals surface area contributed by atoms with Crippen molar-refractivity contribution in [3.8, 4) is 0 Å². The minimum Gasteiger partial charge on any atom is -0.329 e. The van der Waals surface area contributed by atoms with Crippen LogP contribution in [-0.2, 0) is 4.79 Å². The molecule has 0 bridgehead atoms. The second-order valence-electron chi connectivity index (χ2n) is 9.44. The monoisotopic (exact) mass is 434 g/mol. The molecule has 0 spiro atoms. The number of piperidine rings is 1. The molecule has 32 heavy (non-hydrogen) atoms.